The van der Waals surface area contributed by atoms with E-state index in [2.05, 4.69) is 0 Å². The molecule has 0 radical (unpaired) electrons. The molecule has 1 saturated heterocycles. The van der Waals surface area contributed by atoms with Crippen LogP contribution < -0.4 is 0 Å². The van der Waals surface area contributed by atoms with Crippen molar-refractivity contribution in [3.8, 4) is 0 Å². The van der Waals surface area contributed by atoms with Gasteiger partial charge in [-0.25, -0.2) is 4.79 Å². The minimum absolute atomic E-state index is 0.303. The lowest BCUT2D eigenvalue weighted by molar-refractivity contribution is -0.156. The molecule has 0 spiro atoms. The maximum atomic E-state index is 11.3. The second-order valence-corrected chi connectivity index (χ2v) is 6.39. The minimum atomic E-state index is -1.43. The second-order valence-electron chi connectivity index (χ2n) is 6.39. The monoisotopic (exact) mass is 300 g/mol. The molecule has 120 valence electrons. The van der Waals surface area contributed by atoms with Crippen LogP contribution in [0.3, 0.4) is 0 Å². The Hall–Kier alpha value is -1.18. The molecule has 3 N–H and O–H groups in total. The highest BCUT2D eigenvalue weighted by Gasteiger charge is 2.41. The van der Waals surface area contributed by atoms with Crippen LogP contribution in [-0.4, -0.2) is 81.4 Å². The molecule has 2 unspecified atom stereocenters. The molecule has 21 heavy (non-hydrogen) atoms. The summed E-state index contributed by atoms with van der Waals surface area (Å²) in [5.41, 5.74) is -0.805. The molecule has 0 aromatic carbocycles. The smallest absolute Gasteiger partial charge is 0.394 e. The van der Waals surface area contributed by atoms with Crippen molar-refractivity contribution in [3.05, 3.63) is 0 Å². The number of carbonyl (C=O) groups is 2. The van der Waals surface area contributed by atoms with Crippen molar-refractivity contribution in [1.29, 1.82) is 0 Å². The van der Waals surface area contributed by atoms with Gasteiger partial charge in [-0.2, -0.15) is 0 Å². The van der Waals surface area contributed by atoms with Crippen molar-refractivity contribution in [3.63, 3.8) is 0 Å². The SMILES string of the molecule is CC(O)(CC(O)CN1CCN(C(=O)C(=O)O)CC1)C1CC1. The molecule has 2 rings (SSSR count). The maximum absolute atomic E-state index is 11.3. The Morgan fingerprint density at radius 3 is 2.29 bits per heavy atom. The van der Waals surface area contributed by atoms with E-state index in [1.54, 1.807) is 6.92 Å². The van der Waals surface area contributed by atoms with Crippen LogP contribution in [0, 0.1) is 5.92 Å². The number of carbonyl (C=O) groups excluding carboxylic acids is 1. The molecular weight excluding hydrogens is 276 g/mol. The minimum Gasteiger partial charge on any atom is -0.474 e. The van der Waals surface area contributed by atoms with Crippen molar-refractivity contribution in [1.82, 2.24) is 9.80 Å². The Balaban J connectivity index is 1.73. The number of aliphatic carboxylic acids is 1. The molecular formula is C14H24N2O5. The normalized spacial score (nSPS) is 24.4. The Morgan fingerprint density at radius 1 is 1.24 bits per heavy atom. The van der Waals surface area contributed by atoms with Gasteiger partial charge in [0.05, 0.1) is 11.7 Å². The second kappa shape index (κ2) is 6.29. The summed E-state index contributed by atoms with van der Waals surface area (Å²) in [7, 11) is 0. The molecule has 0 aromatic heterocycles. The van der Waals surface area contributed by atoms with Gasteiger partial charge in [-0.3, -0.25) is 9.69 Å². The topological polar surface area (TPSA) is 101 Å². The van der Waals surface area contributed by atoms with Crippen molar-refractivity contribution >= 4 is 11.9 Å². The molecule has 1 aliphatic carbocycles. The fourth-order valence-electron chi connectivity index (χ4n) is 2.98. The number of hydrogen-bond acceptors (Lipinski definition) is 5. The molecule has 2 aliphatic rings. The number of rotatable bonds is 5. The van der Waals surface area contributed by atoms with Crippen LogP contribution in [0.4, 0.5) is 0 Å². The molecule has 1 heterocycles. The highest BCUT2D eigenvalue weighted by atomic mass is 16.4. The Kier molecular flexibility index (Phi) is 4.85. The molecule has 2 atom stereocenters. The van der Waals surface area contributed by atoms with Crippen LogP contribution >= 0.6 is 0 Å². The zero-order valence-corrected chi connectivity index (χ0v) is 12.4. The molecule has 1 aliphatic heterocycles. The fraction of sp³-hybridized carbons (Fsp3) is 0.857. The number of carboxylic acids is 1. The van der Waals surface area contributed by atoms with E-state index < -0.39 is 23.6 Å². The van der Waals surface area contributed by atoms with Gasteiger partial charge in [-0.15, -0.1) is 0 Å². The summed E-state index contributed by atoms with van der Waals surface area (Å²) in [5.74, 6) is -1.99. The van der Waals surface area contributed by atoms with Gasteiger partial charge in [0, 0.05) is 39.1 Å². The number of aliphatic hydroxyl groups is 2. The Morgan fingerprint density at radius 2 is 1.81 bits per heavy atom. The van der Waals surface area contributed by atoms with E-state index in [9.17, 15) is 19.8 Å². The van der Waals surface area contributed by atoms with Gasteiger partial charge in [0.2, 0.25) is 0 Å². The lowest BCUT2D eigenvalue weighted by Gasteiger charge is -2.36. The van der Waals surface area contributed by atoms with Gasteiger partial charge < -0.3 is 20.2 Å². The predicted octanol–water partition coefficient (Wildman–Crippen LogP) is -0.873. The van der Waals surface area contributed by atoms with E-state index in [4.69, 9.17) is 5.11 Å². The van der Waals surface area contributed by atoms with E-state index >= 15 is 0 Å². The largest absolute Gasteiger partial charge is 0.474 e. The van der Waals surface area contributed by atoms with Gasteiger partial charge in [0.1, 0.15) is 0 Å². The van der Waals surface area contributed by atoms with E-state index in [1.165, 1.54) is 4.90 Å². The van der Waals surface area contributed by atoms with E-state index in [0.717, 1.165) is 12.8 Å². The summed E-state index contributed by atoms with van der Waals surface area (Å²) in [6.07, 6.45) is 1.79. The third-order valence-corrected chi connectivity index (χ3v) is 4.42. The zero-order valence-electron chi connectivity index (χ0n) is 12.4. The Labute approximate surface area is 124 Å². The molecule has 7 nitrogen and oxygen atoms in total. The van der Waals surface area contributed by atoms with Gasteiger partial charge in [-0.05, 0) is 25.7 Å². The first-order valence-corrected chi connectivity index (χ1v) is 7.44. The molecule has 7 heteroatoms. The molecule has 1 saturated carbocycles. The summed E-state index contributed by atoms with van der Waals surface area (Å²) in [5, 5.41) is 29.0. The summed E-state index contributed by atoms with van der Waals surface area (Å²) in [6.45, 7) is 4.02. The highest BCUT2D eigenvalue weighted by Crippen LogP contribution is 2.41. The summed E-state index contributed by atoms with van der Waals surface area (Å²) in [4.78, 5) is 25.2. The molecule has 2 fully saturated rings. The van der Waals surface area contributed by atoms with Crippen LogP contribution in [0.15, 0.2) is 0 Å². The lowest BCUT2D eigenvalue weighted by Crippen LogP contribution is -2.52. The first kappa shape index (κ1) is 16.2. The first-order chi connectivity index (χ1) is 9.79. The van der Waals surface area contributed by atoms with Crippen LogP contribution in [0.25, 0.3) is 0 Å². The number of hydrogen-bond donors (Lipinski definition) is 3. The van der Waals surface area contributed by atoms with Gasteiger partial charge in [-0.1, -0.05) is 0 Å². The number of β-amino-alcohol motifs (C(OH)–C–C–N with tert-alkyl or cyclic N) is 1. The Bertz CT molecular complexity index is 400. The summed E-state index contributed by atoms with van der Waals surface area (Å²) < 4.78 is 0. The standard InChI is InChI=1S/C14H24N2O5/c1-14(21,10-2-3-10)8-11(17)9-15-4-6-16(7-5-15)12(18)13(19)20/h10-11,17,21H,2-9H2,1H3,(H,19,20). The third kappa shape index (κ3) is 4.39. The molecule has 1 amide bonds. The van der Waals surface area contributed by atoms with Crippen LogP contribution in [0.2, 0.25) is 0 Å². The van der Waals surface area contributed by atoms with Crippen LogP contribution in [0.1, 0.15) is 26.2 Å². The summed E-state index contributed by atoms with van der Waals surface area (Å²) >= 11 is 0. The van der Waals surface area contributed by atoms with Gasteiger partial charge in [0.15, 0.2) is 0 Å². The van der Waals surface area contributed by atoms with E-state index in [-0.39, 0.29) is 0 Å². The van der Waals surface area contributed by atoms with Gasteiger partial charge in [0.25, 0.3) is 0 Å². The van der Waals surface area contributed by atoms with E-state index in [1.807, 2.05) is 4.90 Å². The zero-order chi connectivity index (χ0) is 15.6. The number of carboxylic acid groups (broad SMARTS) is 1. The summed E-state index contributed by atoms with van der Waals surface area (Å²) in [6, 6.07) is 0. The van der Waals surface area contributed by atoms with Gasteiger partial charge >= 0.3 is 11.9 Å². The van der Waals surface area contributed by atoms with Crippen LogP contribution in [0.5, 0.6) is 0 Å². The fourth-order valence-corrected chi connectivity index (χ4v) is 2.98. The molecule has 0 bridgehead atoms. The van der Waals surface area contributed by atoms with Crippen molar-refractivity contribution in [2.24, 2.45) is 5.92 Å². The lowest BCUT2D eigenvalue weighted by atomic mass is 9.93. The first-order valence-electron chi connectivity index (χ1n) is 7.44. The van der Waals surface area contributed by atoms with Crippen LogP contribution in [-0.2, 0) is 9.59 Å². The average molecular weight is 300 g/mol. The average Bonchev–Trinajstić information content (AvgIpc) is 3.22. The number of aliphatic hydroxyl groups excluding tert-OH is 1. The maximum Gasteiger partial charge on any atom is 0.394 e. The highest BCUT2D eigenvalue weighted by molar-refractivity contribution is 6.31. The number of piperazine rings is 1. The van der Waals surface area contributed by atoms with Crippen molar-refractivity contribution in [2.45, 2.75) is 37.9 Å². The number of nitrogens with zero attached hydrogens (tertiary/aromatic N) is 2. The van der Waals surface area contributed by atoms with Crippen molar-refractivity contribution < 1.29 is 24.9 Å². The van der Waals surface area contributed by atoms with E-state index in [0.29, 0.717) is 45.1 Å². The quantitative estimate of drug-likeness (QED) is 0.570. The third-order valence-electron chi connectivity index (χ3n) is 4.42. The molecule has 0 aromatic rings. The van der Waals surface area contributed by atoms with Crippen molar-refractivity contribution in [2.75, 3.05) is 32.7 Å². The predicted molar refractivity (Wildman–Crippen MR) is 74.6 cm³/mol. The number of amides is 1.